The highest BCUT2D eigenvalue weighted by Crippen LogP contribution is 2.23. The fourth-order valence-corrected chi connectivity index (χ4v) is 4.66. The van der Waals surface area contributed by atoms with Crippen LogP contribution in [0.5, 0.6) is 0 Å². The Labute approximate surface area is 103 Å². The van der Waals surface area contributed by atoms with E-state index in [1.807, 2.05) is 0 Å². The van der Waals surface area contributed by atoms with E-state index >= 15 is 0 Å². The monoisotopic (exact) mass is 262 g/mol. The van der Waals surface area contributed by atoms with Gasteiger partial charge < -0.3 is 10.5 Å². The number of rotatable bonds is 4. The molecule has 0 aliphatic carbocycles. The highest BCUT2D eigenvalue weighted by Gasteiger charge is 2.35. The van der Waals surface area contributed by atoms with E-state index < -0.39 is 10.0 Å². The second-order valence-electron chi connectivity index (χ2n) is 4.91. The molecule has 2 aliphatic heterocycles. The first kappa shape index (κ1) is 13.3. The predicted molar refractivity (Wildman–Crippen MR) is 66.2 cm³/mol. The van der Waals surface area contributed by atoms with Gasteiger partial charge in [-0.2, -0.15) is 4.31 Å². The number of nitrogens with two attached hydrogens (primary N) is 1. The molecule has 2 aliphatic rings. The van der Waals surface area contributed by atoms with E-state index in [2.05, 4.69) is 0 Å². The van der Waals surface area contributed by atoms with Crippen LogP contribution >= 0.6 is 0 Å². The van der Waals surface area contributed by atoms with Crippen LogP contribution in [0.1, 0.15) is 32.1 Å². The van der Waals surface area contributed by atoms with Crippen molar-refractivity contribution < 1.29 is 13.2 Å². The third-order valence-electron chi connectivity index (χ3n) is 3.62. The Kier molecular flexibility index (Phi) is 4.41. The van der Waals surface area contributed by atoms with Gasteiger partial charge in [-0.05, 0) is 32.1 Å². The van der Waals surface area contributed by atoms with E-state index in [0.29, 0.717) is 19.7 Å². The lowest BCUT2D eigenvalue weighted by Crippen LogP contribution is -2.43. The molecule has 2 atom stereocenters. The zero-order valence-electron chi connectivity index (χ0n) is 10.2. The van der Waals surface area contributed by atoms with Crippen molar-refractivity contribution in [1.82, 2.24) is 4.31 Å². The molecule has 0 aromatic rings. The van der Waals surface area contributed by atoms with E-state index in [1.165, 1.54) is 0 Å². The van der Waals surface area contributed by atoms with Gasteiger partial charge in [-0.1, -0.05) is 0 Å². The molecule has 0 aromatic heterocycles. The van der Waals surface area contributed by atoms with Gasteiger partial charge in [0.25, 0.3) is 0 Å². The number of nitrogens with zero attached hydrogens (tertiary/aromatic N) is 1. The van der Waals surface area contributed by atoms with Crippen LogP contribution in [0.15, 0.2) is 0 Å². The number of ether oxygens (including phenoxy) is 1. The topological polar surface area (TPSA) is 72.6 Å². The molecule has 0 bridgehead atoms. The van der Waals surface area contributed by atoms with E-state index in [9.17, 15) is 8.42 Å². The highest BCUT2D eigenvalue weighted by molar-refractivity contribution is 7.89. The number of sulfonamides is 1. The Morgan fingerprint density at radius 3 is 2.71 bits per heavy atom. The molecule has 0 saturated carbocycles. The van der Waals surface area contributed by atoms with Crippen molar-refractivity contribution in [2.24, 2.45) is 5.73 Å². The Hall–Kier alpha value is -0.170. The van der Waals surface area contributed by atoms with E-state index in [4.69, 9.17) is 10.5 Å². The summed E-state index contributed by atoms with van der Waals surface area (Å²) < 4.78 is 31.6. The summed E-state index contributed by atoms with van der Waals surface area (Å²) in [6.45, 7) is 1.74. The van der Waals surface area contributed by atoms with Crippen LogP contribution in [0.4, 0.5) is 0 Å². The standard InChI is InChI=1S/C11H22N2O3S/c12-8-10-4-3-6-13(10)17(14,15)9-11-5-1-2-7-16-11/h10-11H,1-9,12H2/t10-,11-/m1/s1. The SMILES string of the molecule is NC[C@H]1CCCN1S(=O)(=O)C[C@H]1CCCCO1. The summed E-state index contributed by atoms with van der Waals surface area (Å²) in [5, 5.41) is 0. The van der Waals surface area contributed by atoms with Crippen molar-refractivity contribution in [1.29, 1.82) is 0 Å². The van der Waals surface area contributed by atoms with Crippen LogP contribution in [0.3, 0.4) is 0 Å². The van der Waals surface area contributed by atoms with Crippen molar-refractivity contribution in [3.05, 3.63) is 0 Å². The van der Waals surface area contributed by atoms with E-state index in [1.54, 1.807) is 4.31 Å². The van der Waals surface area contributed by atoms with Crippen LogP contribution in [0.2, 0.25) is 0 Å². The summed E-state index contributed by atoms with van der Waals surface area (Å²) in [6.07, 6.45) is 4.67. The first-order valence-corrected chi connectivity index (χ1v) is 8.05. The molecular formula is C11H22N2O3S. The molecule has 17 heavy (non-hydrogen) atoms. The Bertz CT molecular complexity index is 339. The Balaban J connectivity index is 1.97. The number of hydrogen-bond acceptors (Lipinski definition) is 4. The second kappa shape index (κ2) is 5.65. The van der Waals surface area contributed by atoms with Gasteiger partial charge in [0.15, 0.2) is 0 Å². The summed E-state index contributed by atoms with van der Waals surface area (Å²) in [4.78, 5) is 0. The Morgan fingerprint density at radius 1 is 1.24 bits per heavy atom. The maximum atomic E-state index is 12.3. The lowest BCUT2D eigenvalue weighted by atomic mass is 10.1. The molecule has 5 nitrogen and oxygen atoms in total. The van der Waals surface area contributed by atoms with Crippen LogP contribution in [-0.2, 0) is 14.8 Å². The van der Waals surface area contributed by atoms with Gasteiger partial charge in [0.2, 0.25) is 10.0 Å². The molecule has 2 heterocycles. The minimum absolute atomic E-state index is 0.00332. The van der Waals surface area contributed by atoms with Gasteiger partial charge in [0.05, 0.1) is 11.9 Å². The smallest absolute Gasteiger partial charge is 0.216 e. The molecule has 6 heteroatoms. The summed E-state index contributed by atoms with van der Waals surface area (Å²) in [6, 6.07) is 0.00332. The summed E-state index contributed by atoms with van der Waals surface area (Å²) >= 11 is 0. The molecule has 0 spiro atoms. The molecule has 2 saturated heterocycles. The van der Waals surface area contributed by atoms with Gasteiger partial charge in [-0.3, -0.25) is 0 Å². The molecule has 100 valence electrons. The van der Waals surface area contributed by atoms with Crippen LogP contribution in [-0.4, -0.2) is 50.3 Å². The zero-order valence-corrected chi connectivity index (χ0v) is 11.0. The normalized spacial score (nSPS) is 31.8. The largest absolute Gasteiger partial charge is 0.377 e. The van der Waals surface area contributed by atoms with Crippen molar-refractivity contribution in [3.63, 3.8) is 0 Å². The lowest BCUT2D eigenvalue weighted by Gasteiger charge is -2.27. The minimum atomic E-state index is -3.19. The first-order chi connectivity index (χ1) is 8.13. The molecule has 0 aromatic carbocycles. The first-order valence-electron chi connectivity index (χ1n) is 6.44. The predicted octanol–water partition coefficient (Wildman–Crippen LogP) is 0.308. The van der Waals surface area contributed by atoms with Crippen LogP contribution in [0.25, 0.3) is 0 Å². The van der Waals surface area contributed by atoms with Crippen molar-refractivity contribution in [3.8, 4) is 0 Å². The molecule has 2 rings (SSSR count). The molecule has 0 unspecified atom stereocenters. The third-order valence-corrected chi connectivity index (χ3v) is 5.61. The Morgan fingerprint density at radius 2 is 2.06 bits per heavy atom. The van der Waals surface area contributed by atoms with E-state index in [0.717, 1.165) is 32.1 Å². The van der Waals surface area contributed by atoms with Gasteiger partial charge in [-0.25, -0.2) is 8.42 Å². The third kappa shape index (κ3) is 3.19. The summed E-state index contributed by atoms with van der Waals surface area (Å²) in [7, 11) is -3.19. The van der Waals surface area contributed by atoms with Crippen LogP contribution < -0.4 is 5.73 Å². The second-order valence-corrected chi connectivity index (χ2v) is 6.88. The summed E-state index contributed by atoms with van der Waals surface area (Å²) in [5.41, 5.74) is 5.62. The van der Waals surface area contributed by atoms with Gasteiger partial charge in [-0.15, -0.1) is 0 Å². The maximum Gasteiger partial charge on any atom is 0.216 e. The van der Waals surface area contributed by atoms with Gasteiger partial charge in [0, 0.05) is 25.7 Å². The van der Waals surface area contributed by atoms with Crippen molar-refractivity contribution in [2.45, 2.75) is 44.2 Å². The number of hydrogen-bond donors (Lipinski definition) is 1. The maximum absolute atomic E-state index is 12.3. The lowest BCUT2D eigenvalue weighted by molar-refractivity contribution is 0.0298. The average molecular weight is 262 g/mol. The van der Waals surface area contributed by atoms with Crippen LogP contribution in [0, 0.1) is 0 Å². The van der Waals surface area contributed by atoms with Crippen molar-refractivity contribution in [2.75, 3.05) is 25.4 Å². The summed E-state index contributed by atoms with van der Waals surface area (Å²) in [5.74, 6) is 0.128. The molecule has 0 radical (unpaired) electrons. The van der Waals surface area contributed by atoms with Gasteiger partial charge in [0.1, 0.15) is 0 Å². The average Bonchev–Trinajstić information content (AvgIpc) is 2.78. The molecule has 2 fully saturated rings. The van der Waals surface area contributed by atoms with Crippen molar-refractivity contribution >= 4 is 10.0 Å². The quantitative estimate of drug-likeness (QED) is 0.791. The highest BCUT2D eigenvalue weighted by atomic mass is 32.2. The van der Waals surface area contributed by atoms with E-state index in [-0.39, 0.29) is 17.9 Å². The zero-order chi connectivity index (χ0) is 12.3. The molecular weight excluding hydrogens is 240 g/mol. The van der Waals surface area contributed by atoms with Gasteiger partial charge >= 0.3 is 0 Å². The molecule has 2 N–H and O–H groups in total. The molecule has 0 amide bonds. The fourth-order valence-electron chi connectivity index (χ4n) is 2.68. The minimum Gasteiger partial charge on any atom is -0.377 e. The fraction of sp³-hybridized carbons (Fsp3) is 1.00.